The highest BCUT2D eigenvalue weighted by atomic mass is 32.1. The lowest BCUT2D eigenvalue weighted by Crippen LogP contribution is -2.50. The molecule has 0 aromatic heterocycles. The van der Waals surface area contributed by atoms with Crippen LogP contribution >= 0.6 is 12.2 Å². The van der Waals surface area contributed by atoms with Gasteiger partial charge in [0.05, 0.1) is 0 Å². The third-order valence-electron chi connectivity index (χ3n) is 4.09. The fourth-order valence-corrected chi connectivity index (χ4v) is 3.24. The van der Waals surface area contributed by atoms with Crippen molar-refractivity contribution in [3.05, 3.63) is 24.3 Å². The molecule has 2 fully saturated rings. The topological polar surface area (TPSA) is 44.5 Å². The molecule has 0 radical (unpaired) electrons. The summed E-state index contributed by atoms with van der Waals surface area (Å²) < 4.78 is 0. The summed E-state index contributed by atoms with van der Waals surface area (Å²) in [7, 11) is 0. The molecule has 5 heteroatoms. The number of nitrogens with two attached hydrogens (primary N) is 1. The highest BCUT2D eigenvalue weighted by molar-refractivity contribution is 7.80. The van der Waals surface area contributed by atoms with Crippen LogP contribution in [-0.4, -0.2) is 42.2 Å². The van der Waals surface area contributed by atoms with Crippen molar-refractivity contribution in [1.82, 2.24) is 4.90 Å². The van der Waals surface area contributed by atoms with Crippen LogP contribution in [0.2, 0.25) is 0 Å². The SMILES string of the molecule is NC(=S)Nc1ccc(N2CCN3CCCC3C2)cc1. The number of fused-ring (bicyclic) bond motifs is 1. The first kappa shape index (κ1) is 12.7. The summed E-state index contributed by atoms with van der Waals surface area (Å²) >= 11 is 4.84. The van der Waals surface area contributed by atoms with Crippen LogP contribution in [0.1, 0.15) is 12.8 Å². The maximum absolute atomic E-state index is 5.47. The Hall–Kier alpha value is -1.33. The maximum atomic E-state index is 5.47. The first-order valence-electron chi connectivity index (χ1n) is 6.88. The van der Waals surface area contributed by atoms with Crippen molar-refractivity contribution in [2.24, 2.45) is 5.73 Å². The summed E-state index contributed by atoms with van der Waals surface area (Å²) in [4.78, 5) is 5.11. The molecule has 3 N–H and O–H groups in total. The van der Waals surface area contributed by atoms with Crippen molar-refractivity contribution in [2.45, 2.75) is 18.9 Å². The standard InChI is InChI=1S/C14H20N4S/c15-14(19)16-11-3-5-12(6-4-11)18-9-8-17-7-1-2-13(17)10-18/h3-6,13H,1-2,7-10H2,(H3,15,16,19). The lowest BCUT2D eigenvalue weighted by Gasteiger charge is -2.38. The molecule has 2 aliphatic rings. The maximum Gasteiger partial charge on any atom is 0.168 e. The van der Waals surface area contributed by atoms with Crippen molar-refractivity contribution >= 4 is 28.7 Å². The molecule has 0 saturated carbocycles. The number of piperazine rings is 1. The predicted octanol–water partition coefficient (Wildman–Crippen LogP) is 1.63. The molecular weight excluding hydrogens is 256 g/mol. The molecule has 1 aromatic rings. The number of nitrogens with one attached hydrogen (secondary N) is 1. The van der Waals surface area contributed by atoms with Gasteiger partial charge in [-0.15, -0.1) is 0 Å². The molecule has 1 unspecified atom stereocenters. The average Bonchev–Trinajstić information content (AvgIpc) is 2.86. The molecule has 1 atom stereocenters. The Balaban J connectivity index is 1.67. The van der Waals surface area contributed by atoms with Gasteiger partial charge >= 0.3 is 0 Å². The smallest absolute Gasteiger partial charge is 0.168 e. The van der Waals surface area contributed by atoms with E-state index in [0.29, 0.717) is 5.11 Å². The normalized spacial score (nSPS) is 23.2. The number of hydrogen-bond donors (Lipinski definition) is 2. The molecule has 4 nitrogen and oxygen atoms in total. The Bertz CT molecular complexity index is 459. The molecule has 2 aliphatic heterocycles. The molecule has 0 amide bonds. The minimum absolute atomic E-state index is 0.312. The molecule has 0 bridgehead atoms. The lowest BCUT2D eigenvalue weighted by atomic mass is 10.1. The minimum Gasteiger partial charge on any atom is -0.376 e. The van der Waals surface area contributed by atoms with Crippen molar-refractivity contribution in [3.63, 3.8) is 0 Å². The summed E-state index contributed by atoms with van der Waals surface area (Å²) in [6, 6.07) is 9.12. The lowest BCUT2D eigenvalue weighted by molar-refractivity contribution is 0.231. The Morgan fingerprint density at radius 2 is 2.00 bits per heavy atom. The molecule has 0 spiro atoms. The van der Waals surface area contributed by atoms with Gasteiger partial charge in [-0.25, -0.2) is 0 Å². The third-order valence-corrected chi connectivity index (χ3v) is 4.19. The van der Waals surface area contributed by atoms with Crippen LogP contribution in [0.3, 0.4) is 0 Å². The number of thiocarbonyl (C=S) groups is 1. The van der Waals surface area contributed by atoms with Gasteiger partial charge in [0.15, 0.2) is 5.11 Å². The zero-order valence-electron chi connectivity index (χ0n) is 11.0. The Kier molecular flexibility index (Phi) is 3.57. The van der Waals surface area contributed by atoms with Crippen LogP contribution in [0, 0.1) is 0 Å². The van der Waals surface area contributed by atoms with E-state index in [0.717, 1.165) is 24.8 Å². The fraction of sp³-hybridized carbons (Fsp3) is 0.500. The van der Waals surface area contributed by atoms with Crippen molar-refractivity contribution in [3.8, 4) is 0 Å². The first-order valence-corrected chi connectivity index (χ1v) is 7.29. The van der Waals surface area contributed by atoms with Gasteiger partial charge in [-0.2, -0.15) is 0 Å². The van der Waals surface area contributed by atoms with Crippen LogP contribution in [0.4, 0.5) is 11.4 Å². The van der Waals surface area contributed by atoms with E-state index in [4.69, 9.17) is 18.0 Å². The van der Waals surface area contributed by atoms with Crippen molar-refractivity contribution in [2.75, 3.05) is 36.4 Å². The highest BCUT2D eigenvalue weighted by Gasteiger charge is 2.30. The van der Waals surface area contributed by atoms with Gasteiger partial charge in [0, 0.05) is 37.1 Å². The molecule has 1 aromatic carbocycles. The zero-order valence-corrected chi connectivity index (χ0v) is 11.8. The summed E-state index contributed by atoms with van der Waals surface area (Å²) in [5.41, 5.74) is 7.71. The summed E-state index contributed by atoms with van der Waals surface area (Å²) in [5, 5.41) is 3.27. The molecule has 102 valence electrons. The van der Waals surface area contributed by atoms with E-state index >= 15 is 0 Å². The molecule has 2 saturated heterocycles. The van der Waals surface area contributed by atoms with Crippen molar-refractivity contribution in [1.29, 1.82) is 0 Å². The van der Waals surface area contributed by atoms with E-state index in [1.807, 2.05) is 12.1 Å². The molecule has 0 aliphatic carbocycles. The van der Waals surface area contributed by atoms with Gasteiger partial charge in [-0.1, -0.05) is 0 Å². The summed E-state index contributed by atoms with van der Waals surface area (Å²) in [5.74, 6) is 0. The Morgan fingerprint density at radius 3 is 2.74 bits per heavy atom. The molecular formula is C14H20N4S. The second-order valence-electron chi connectivity index (χ2n) is 5.31. The molecule has 2 heterocycles. The van der Waals surface area contributed by atoms with Crippen LogP contribution < -0.4 is 16.0 Å². The number of hydrogen-bond acceptors (Lipinski definition) is 3. The van der Waals surface area contributed by atoms with Crippen LogP contribution in [0.15, 0.2) is 24.3 Å². The third kappa shape index (κ3) is 2.82. The van der Waals surface area contributed by atoms with E-state index < -0.39 is 0 Å². The second-order valence-corrected chi connectivity index (χ2v) is 5.75. The number of benzene rings is 1. The van der Waals surface area contributed by atoms with E-state index in [1.54, 1.807) is 0 Å². The molecule has 3 rings (SSSR count). The quantitative estimate of drug-likeness (QED) is 0.804. The summed E-state index contributed by atoms with van der Waals surface area (Å²) in [6.45, 7) is 4.76. The monoisotopic (exact) mass is 276 g/mol. The van der Waals surface area contributed by atoms with E-state index in [2.05, 4.69) is 27.2 Å². The average molecular weight is 276 g/mol. The van der Waals surface area contributed by atoms with Gasteiger partial charge in [0.1, 0.15) is 0 Å². The van der Waals surface area contributed by atoms with E-state index in [9.17, 15) is 0 Å². The largest absolute Gasteiger partial charge is 0.376 e. The van der Waals surface area contributed by atoms with Gasteiger partial charge in [0.25, 0.3) is 0 Å². The second kappa shape index (κ2) is 5.35. The number of nitrogens with zero attached hydrogens (tertiary/aromatic N) is 2. The van der Waals surface area contributed by atoms with Gasteiger partial charge < -0.3 is 16.0 Å². The fourth-order valence-electron chi connectivity index (χ4n) is 3.12. The highest BCUT2D eigenvalue weighted by Crippen LogP contribution is 2.26. The van der Waals surface area contributed by atoms with Gasteiger partial charge in [0.2, 0.25) is 0 Å². The van der Waals surface area contributed by atoms with Crippen LogP contribution in [-0.2, 0) is 0 Å². The Morgan fingerprint density at radius 1 is 1.21 bits per heavy atom. The first-order chi connectivity index (χ1) is 9.22. The number of rotatable bonds is 2. The minimum atomic E-state index is 0.312. The van der Waals surface area contributed by atoms with Gasteiger partial charge in [-0.05, 0) is 55.9 Å². The van der Waals surface area contributed by atoms with Crippen LogP contribution in [0.5, 0.6) is 0 Å². The molecule has 19 heavy (non-hydrogen) atoms. The van der Waals surface area contributed by atoms with Gasteiger partial charge in [-0.3, -0.25) is 4.90 Å². The number of anilines is 2. The van der Waals surface area contributed by atoms with Crippen molar-refractivity contribution < 1.29 is 0 Å². The zero-order chi connectivity index (χ0) is 13.2. The van der Waals surface area contributed by atoms with E-state index in [1.165, 1.54) is 31.6 Å². The predicted molar refractivity (Wildman–Crippen MR) is 83.7 cm³/mol. The van der Waals surface area contributed by atoms with Crippen LogP contribution in [0.25, 0.3) is 0 Å². The Labute approximate surface area is 119 Å². The van der Waals surface area contributed by atoms with E-state index in [-0.39, 0.29) is 0 Å². The summed E-state index contributed by atoms with van der Waals surface area (Å²) in [6.07, 6.45) is 2.70.